The van der Waals surface area contributed by atoms with Gasteiger partial charge in [0.05, 0.1) is 11.8 Å². The standard InChI is InChI=1S/C20H21N3O4/c1-14-3-2-4-17(11-14)26-13-18(24)23-8-5-15(6-9-23)19-21-22-20(27-19)16-7-10-25-12-16/h2-4,7,10-12,15H,5-6,8-9,13H2,1H3. The first kappa shape index (κ1) is 17.3. The number of ether oxygens (including phenoxy) is 1. The summed E-state index contributed by atoms with van der Waals surface area (Å²) in [5.74, 6) is 1.97. The normalized spacial score (nSPS) is 15.1. The number of hydrogen-bond donors (Lipinski definition) is 0. The maximum absolute atomic E-state index is 12.4. The minimum absolute atomic E-state index is 0.000397. The molecule has 0 unspecified atom stereocenters. The van der Waals surface area contributed by atoms with E-state index in [1.54, 1.807) is 18.6 Å². The van der Waals surface area contributed by atoms with Gasteiger partial charge in [-0.3, -0.25) is 4.79 Å². The maximum Gasteiger partial charge on any atom is 0.260 e. The van der Waals surface area contributed by atoms with Crippen LogP contribution in [-0.2, 0) is 4.79 Å². The van der Waals surface area contributed by atoms with Crippen molar-refractivity contribution in [3.63, 3.8) is 0 Å². The molecule has 0 bridgehead atoms. The van der Waals surface area contributed by atoms with Crippen molar-refractivity contribution in [2.75, 3.05) is 19.7 Å². The summed E-state index contributed by atoms with van der Waals surface area (Å²) in [5.41, 5.74) is 1.88. The van der Waals surface area contributed by atoms with Gasteiger partial charge in [-0.05, 0) is 43.5 Å². The second-order valence-electron chi connectivity index (χ2n) is 6.72. The molecule has 1 fully saturated rings. The molecule has 7 nitrogen and oxygen atoms in total. The number of carbonyl (C=O) groups is 1. The molecule has 0 radical (unpaired) electrons. The molecule has 0 aliphatic carbocycles. The van der Waals surface area contributed by atoms with Crippen LogP contribution in [0.5, 0.6) is 5.75 Å². The number of furan rings is 1. The molecule has 27 heavy (non-hydrogen) atoms. The highest BCUT2D eigenvalue weighted by atomic mass is 16.5. The predicted octanol–water partition coefficient (Wildman–Crippen LogP) is 3.42. The molecule has 1 aliphatic rings. The number of aryl methyl sites for hydroxylation is 1. The summed E-state index contributed by atoms with van der Waals surface area (Å²) < 4.78 is 16.4. The van der Waals surface area contributed by atoms with Gasteiger partial charge in [0, 0.05) is 19.0 Å². The molecule has 3 aromatic rings. The van der Waals surface area contributed by atoms with Crippen LogP contribution in [-0.4, -0.2) is 40.7 Å². The smallest absolute Gasteiger partial charge is 0.260 e. The van der Waals surface area contributed by atoms with Crippen LogP contribution in [0.3, 0.4) is 0 Å². The Labute approximate surface area is 156 Å². The number of nitrogens with zero attached hydrogens (tertiary/aromatic N) is 3. The van der Waals surface area contributed by atoms with Gasteiger partial charge in [0.1, 0.15) is 12.0 Å². The van der Waals surface area contributed by atoms with E-state index in [1.165, 1.54) is 0 Å². The third-order valence-corrected chi connectivity index (χ3v) is 4.76. The highest BCUT2D eigenvalue weighted by Crippen LogP contribution is 2.29. The molecule has 3 heterocycles. The lowest BCUT2D eigenvalue weighted by Gasteiger charge is -2.30. The van der Waals surface area contributed by atoms with E-state index in [9.17, 15) is 4.79 Å². The summed E-state index contributed by atoms with van der Waals surface area (Å²) in [7, 11) is 0. The summed E-state index contributed by atoms with van der Waals surface area (Å²) in [6, 6.07) is 9.48. The fourth-order valence-electron chi connectivity index (χ4n) is 3.22. The number of hydrogen-bond acceptors (Lipinski definition) is 6. The fraction of sp³-hybridized carbons (Fsp3) is 0.350. The Morgan fingerprint density at radius 1 is 1.26 bits per heavy atom. The average Bonchev–Trinajstić information content (AvgIpc) is 3.38. The van der Waals surface area contributed by atoms with Gasteiger partial charge in [-0.1, -0.05) is 12.1 Å². The molecule has 2 aromatic heterocycles. The minimum Gasteiger partial charge on any atom is -0.484 e. The Kier molecular flexibility index (Phi) is 4.91. The zero-order chi connectivity index (χ0) is 18.6. The Morgan fingerprint density at radius 2 is 2.11 bits per heavy atom. The van der Waals surface area contributed by atoms with Crippen LogP contribution in [0.25, 0.3) is 11.5 Å². The fourth-order valence-corrected chi connectivity index (χ4v) is 3.22. The molecule has 1 aromatic carbocycles. The van der Waals surface area contributed by atoms with Crippen molar-refractivity contribution >= 4 is 5.91 Å². The first-order valence-corrected chi connectivity index (χ1v) is 9.02. The van der Waals surface area contributed by atoms with Crippen molar-refractivity contribution in [1.82, 2.24) is 15.1 Å². The molecule has 0 saturated carbocycles. The molecular formula is C20H21N3O4. The first-order chi connectivity index (χ1) is 13.2. The third kappa shape index (κ3) is 4.02. The second kappa shape index (κ2) is 7.65. The van der Waals surface area contributed by atoms with E-state index in [0.29, 0.717) is 24.9 Å². The number of rotatable bonds is 5. The van der Waals surface area contributed by atoms with Crippen LogP contribution in [0.1, 0.15) is 30.2 Å². The summed E-state index contributed by atoms with van der Waals surface area (Å²) in [6.45, 7) is 3.36. The van der Waals surface area contributed by atoms with Crippen molar-refractivity contribution in [2.24, 2.45) is 0 Å². The minimum atomic E-state index is -0.000397. The van der Waals surface area contributed by atoms with E-state index < -0.39 is 0 Å². The quantitative estimate of drug-likeness (QED) is 0.687. The average molecular weight is 367 g/mol. The molecule has 1 aliphatic heterocycles. The molecule has 0 N–H and O–H groups in total. The van der Waals surface area contributed by atoms with Crippen molar-refractivity contribution in [3.8, 4) is 17.2 Å². The van der Waals surface area contributed by atoms with Gasteiger partial charge in [0.15, 0.2) is 6.61 Å². The largest absolute Gasteiger partial charge is 0.484 e. The SMILES string of the molecule is Cc1cccc(OCC(=O)N2CCC(c3nnc(-c4ccoc4)o3)CC2)c1. The number of amides is 1. The summed E-state index contributed by atoms with van der Waals surface area (Å²) in [6.07, 6.45) is 4.74. The van der Waals surface area contributed by atoms with E-state index in [-0.39, 0.29) is 18.4 Å². The molecule has 4 rings (SSSR count). The molecule has 1 amide bonds. The Morgan fingerprint density at radius 3 is 2.85 bits per heavy atom. The number of benzene rings is 1. The van der Waals surface area contributed by atoms with E-state index in [4.69, 9.17) is 13.6 Å². The summed E-state index contributed by atoms with van der Waals surface area (Å²) >= 11 is 0. The van der Waals surface area contributed by atoms with Gasteiger partial charge >= 0.3 is 0 Å². The monoisotopic (exact) mass is 367 g/mol. The third-order valence-electron chi connectivity index (χ3n) is 4.76. The van der Waals surface area contributed by atoms with Crippen molar-refractivity contribution < 1.29 is 18.4 Å². The second-order valence-corrected chi connectivity index (χ2v) is 6.72. The van der Waals surface area contributed by atoms with Gasteiger partial charge < -0.3 is 18.5 Å². The Bertz CT molecular complexity index is 896. The summed E-state index contributed by atoms with van der Waals surface area (Å²) in [5, 5.41) is 8.24. The van der Waals surface area contributed by atoms with Crippen molar-refractivity contribution in [1.29, 1.82) is 0 Å². The highest BCUT2D eigenvalue weighted by molar-refractivity contribution is 5.77. The molecule has 0 atom stereocenters. The predicted molar refractivity (Wildman–Crippen MR) is 97.2 cm³/mol. The first-order valence-electron chi connectivity index (χ1n) is 9.02. The number of carbonyl (C=O) groups excluding carboxylic acids is 1. The van der Waals surface area contributed by atoms with Crippen LogP contribution in [0, 0.1) is 6.92 Å². The van der Waals surface area contributed by atoms with E-state index in [2.05, 4.69) is 10.2 Å². The molecule has 1 saturated heterocycles. The lowest BCUT2D eigenvalue weighted by molar-refractivity contribution is -0.134. The zero-order valence-electron chi connectivity index (χ0n) is 15.1. The zero-order valence-corrected chi connectivity index (χ0v) is 15.1. The van der Waals surface area contributed by atoms with Crippen LogP contribution in [0.15, 0.2) is 51.7 Å². The van der Waals surface area contributed by atoms with Crippen molar-refractivity contribution in [2.45, 2.75) is 25.7 Å². The molecule has 140 valence electrons. The lowest BCUT2D eigenvalue weighted by atomic mass is 9.97. The highest BCUT2D eigenvalue weighted by Gasteiger charge is 2.27. The van der Waals surface area contributed by atoms with Gasteiger partial charge in [-0.25, -0.2) is 0 Å². The van der Waals surface area contributed by atoms with Crippen LogP contribution in [0.4, 0.5) is 0 Å². The van der Waals surface area contributed by atoms with Gasteiger partial charge in [-0.15, -0.1) is 10.2 Å². The van der Waals surface area contributed by atoms with Gasteiger partial charge in [0.2, 0.25) is 5.89 Å². The Balaban J connectivity index is 1.29. The van der Waals surface area contributed by atoms with E-state index in [0.717, 1.165) is 29.7 Å². The molecule has 7 heteroatoms. The maximum atomic E-state index is 12.4. The van der Waals surface area contributed by atoms with Gasteiger partial charge in [0.25, 0.3) is 11.8 Å². The number of aromatic nitrogens is 2. The van der Waals surface area contributed by atoms with Crippen molar-refractivity contribution in [3.05, 3.63) is 54.3 Å². The number of piperidine rings is 1. The van der Waals surface area contributed by atoms with E-state index in [1.807, 2.05) is 36.1 Å². The topological polar surface area (TPSA) is 81.6 Å². The van der Waals surface area contributed by atoms with Crippen LogP contribution < -0.4 is 4.74 Å². The summed E-state index contributed by atoms with van der Waals surface area (Å²) in [4.78, 5) is 14.2. The lowest BCUT2D eigenvalue weighted by Crippen LogP contribution is -2.40. The van der Waals surface area contributed by atoms with Gasteiger partial charge in [-0.2, -0.15) is 0 Å². The molecular weight excluding hydrogens is 346 g/mol. The number of likely N-dealkylation sites (tertiary alicyclic amines) is 1. The van der Waals surface area contributed by atoms with E-state index >= 15 is 0 Å². The van der Waals surface area contributed by atoms with Crippen LogP contribution >= 0.6 is 0 Å². The van der Waals surface area contributed by atoms with Crippen LogP contribution in [0.2, 0.25) is 0 Å². The molecule has 0 spiro atoms. The Hall–Kier alpha value is -3.09.